The summed E-state index contributed by atoms with van der Waals surface area (Å²) in [6, 6.07) is 25.4. The lowest BCUT2D eigenvalue weighted by atomic mass is 9.93. The van der Waals surface area contributed by atoms with E-state index in [4.69, 9.17) is 10.5 Å². The number of fused-ring (bicyclic) bond motifs is 4. The average Bonchev–Trinajstić information content (AvgIpc) is 3.24. The second kappa shape index (κ2) is 6.96. The molecule has 2 unspecified atom stereocenters. The number of amides is 1. The molecule has 4 nitrogen and oxygen atoms in total. The molecule has 0 bridgehead atoms. The smallest absolute Gasteiger partial charge is 0.409 e. The van der Waals surface area contributed by atoms with Gasteiger partial charge in [-0.05, 0) is 45.7 Å². The molecule has 2 atom stereocenters. The van der Waals surface area contributed by atoms with Crippen molar-refractivity contribution in [3.8, 4) is 11.1 Å². The maximum Gasteiger partial charge on any atom is 0.409 e. The summed E-state index contributed by atoms with van der Waals surface area (Å²) >= 11 is 0. The maximum absolute atomic E-state index is 13.0. The molecule has 3 aromatic carbocycles. The van der Waals surface area contributed by atoms with E-state index in [1.54, 1.807) is 0 Å². The molecule has 156 valence electrons. The molecule has 4 heteroatoms. The van der Waals surface area contributed by atoms with E-state index in [9.17, 15) is 4.79 Å². The molecule has 2 fully saturated rings. The van der Waals surface area contributed by atoms with Gasteiger partial charge in [-0.1, -0.05) is 72.8 Å². The topological polar surface area (TPSA) is 55.6 Å². The molecular weight excluding hydrogens is 384 g/mol. The van der Waals surface area contributed by atoms with Crippen LogP contribution >= 0.6 is 0 Å². The molecule has 1 aliphatic heterocycles. The van der Waals surface area contributed by atoms with Crippen molar-refractivity contribution in [3.63, 3.8) is 0 Å². The van der Waals surface area contributed by atoms with Gasteiger partial charge >= 0.3 is 6.09 Å². The number of nitrogens with two attached hydrogens (primary N) is 1. The van der Waals surface area contributed by atoms with Crippen LogP contribution in [-0.4, -0.2) is 30.7 Å². The molecule has 3 aromatic rings. The van der Waals surface area contributed by atoms with E-state index in [1.165, 1.54) is 27.8 Å². The number of nitrogens with zero attached hydrogens (tertiary/aromatic N) is 1. The summed E-state index contributed by atoms with van der Waals surface area (Å²) in [6.07, 6.45) is 0.956. The molecule has 0 radical (unpaired) electrons. The standard InChI is InChI=1S/C27H26N2O2/c28-14-18-6-5-7-19(12-18)27-13-20(27)15-29(17-27)26(30)31-16-25-23-10-3-1-8-21(23)22-9-2-4-11-24(22)25/h1-12,20,25H,13-17,28H2. The molecule has 0 aromatic heterocycles. The lowest BCUT2D eigenvalue weighted by molar-refractivity contribution is 0.103. The van der Waals surface area contributed by atoms with Crippen LogP contribution in [0.25, 0.3) is 11.1 Å². The molecule has 1 saturated heterocycles. The molecule has 0 spiro atoms. The zero-order valence-electron chi connectivity index (χ0n) is 17.5. The van der Waals surface area contributed by atoms with Gasteiger partial charge < -0.3 is 15.4 Å². The molecule has 2 N–H and O–H groups in total. The number of ether oxygens (including phenoxy) is 1. The Morgan fingerprint density at radius 3 is 2.42 bits per heavy atom. The van der Waals surface area contributed by atoms with Crippen LogP contribution in [0, 0.1) is 5.92 Å². The third kappa shape index (κ3) is 2.89. The van der Waals surface area contributed by atoms with E-state index in [0.717, 1.165) is 25.1 Å². The number of likely N-dealkylation sites (tertiary alicyclic amines) is 1. The van der Waals surface area contributed by atoms with Crippen LogP contribution < -0.4 is 5.73 Å². The summed E-state index contributed by atoms with van der Waals surface area (Å²) in [6.45, 7) is 2.44. The van der Waals surface area contributed by atoms with Crippen molar-refractivity contribution in [1.29, 1.82) is 0 Å². The van der Waals surface area contributed by atoms with Crippen molar-refractivity contribution in [2.75, 3.05) is 19.7 Å². The Hall–Kier alpha value is -3.11. The second-order valence-electron chi connectivity index (χ2n) is 9.15. The molecule has 31 heavy (non-hydrogen) atoms. The van der Waals surface area contributed by atoms with Crippen molar-refractivity contribution >= 4 is 6.09 Å². The summed E-state index contributed by atoms with van der Waals surface area (Å²) in [7, 11) is 0. The predicted octanol–water partition coefficient (Wildman–Crippen LogP) is 4.67. The summed E-state index contributed by atoms with van der Waals surface area (Å²) < 4.78 is 5.89. The largest absolute Gasteiger partial charge is 0.448 e. The predicted molar refractivity (Wildman–Crippen MR) is 121 cm³/mol. The fourth-order valence-electron chi connectivity index (χ4n) is 5.76. The Morgan fingerprint density at radius 1 is 1.00 bits per heavy atom. The average molecular weight is 411 g/mol. The zero-order chi connectivity index (χ0) is 21.0. The van der Waals surface area contributed by atoms with Gasteiger partial charge in [0.15, 0.2) is 0 Å². The Kier molecular flexibility index (Phi) is 4.19. The molecule has 1 heterocycles. The van der Waals surface area contributed by atoms with Crippen LogP contribution in [0.4, 0.5) is 4.79 Å². The van der Waals surface area contributed by atoms with Gasteiger partial charge in [-0.15, -0.1) is 0 Å². The number of rotatable bonds is 4. The number of hydrogen-bond donors (Lipinski definition) is 1. The summed E-state index contributed by atoms with van der Waals surface area (Å²) in [4.78, 5) is 14.9. The van der Waals surface area contributed by atoms with Crippen LogP contribution in [0.15, 0.2) is 72.8 Å². The lowest BCUT2D eigenvalue weighted by Crippen LogP contribution is -2.34. The van der Waals surface area contributed by atoms with Gasteiger partial charge in [0.1, 0.15) is 6.61 Å². The fraction of sp³-hybridized carbons (Fsp3) is 0.296. The van der Waals surface area contributed by atoms with Crippen LogP contribution in [0.5, 0.6) is 0 Å². The van der Waals surface area contributed by atoms with E-state index in [0.29, 0.717) is 19.1 Å². The van der Waals surface area contributed by atoms with E-state index in [-0.39, 0.29) is 17.4 Å². The zero-order valence-corrected chi connectivity index (χ0v) is 17.5. The third-order valence-corrected chi connectivity index (χ3v) is 7.48. The Bertz CT molecular complexity index is 1130. The first-order chi connectivity index (χ1) is 15.2. The molecule has 3 aliphatic rings. The van der Waals surface area contributed by atoms with Crippen molar-refractivity contribution in [2.24, 2.45) is 11.7 Å². The minimum atomic E-state index is -0.191. The molecule has 6 rings (SSSR count). The number of carbonyl (C=O) groups is 1. The first kappa shape index (κ1) is 18.6. The van der Waals surface area contributed by atoms with Crippen LogP contribution in [0.3, 0.4) is 0 Å². The quantitative estimate of drug-likeness (QED) is 0.680. The molecule has 1 amide bonds. The van der Waals surface area contributed by atoms with Gasteiger partial charge in [0, 0.05) is 31.0 Å². The first-order valence-corrected chi connectivity index (χ1v) is 11.1. The van der Waals surface area contributed by atoms with Gasteiger partial charge in [0.05, 0.1) is 0 Å². The van der Waals surface area contributed by atoms with Gasteiger partial charge in [0.25, 0.3) is 0 Å². The Labute approximate surface area is 182 Å². The highest BCUT2D eigenvalue weighted by molar-refractivity contribution is 5.79. The normalized spacial score (nSPS) is 23.3. The van der Waals surface area contributed by atoms with E-state index < -0.39 is 0 Å². The monoisotopic (exact) mass is 410 g/mol. The highest BCUT2D eigenvalue weighted by Crippen LogP contribution is 2.59. The van der Waals surface area contributed by atoms with Crippen molar-refractivity contribution in [3.05, 3.63) is 95.1 Å². The number of carbonyl (C=O) groups excluding carboxylic acids is 1. The third-order valence-electron chi connectivity index (χ3n) is 7.48. The minimum Gasteiger partial charge on any atom is -0.448 e. The highest BCUT2D eigenvalue weighted by Gasteiger charge is 2.62. The van der Waals surface area contributed by atoms with Crippen molar-refractivity contribution in [1.82, 2.24) is 4.90 Å². The van der Waals surface area contributed by atoms with Gasteiger partial charge in [0.2, 0.25) is 0 Å². The van der Waals surface area contributed by atoms with Crippen LogP contribution in [0.2, 0.25) is 0 Å². The minimum absolute atomic E-state index is 0.0940. The summed E-state index contributed by atoms with van der Waals surface area (Å²) in [5, 5.41) is 0. The number of hydrogen-bond acceptors (Lipinski definition) is 3. The van der Waals surface area contributed by atoms with Gasteiger partial charge in [-0.2, -0.15) is 0 Å². The van der Waals surface area contributed by atoms with E-state index in [2.05, 4.69) is 72.8 Å². The summed E-state index contributed by atoms with van der Waals surface area (Å²) in [5.41, 5.74) is 13.4. The van der Waals surface area contributed by atoms with Crippen molar-refractivity contribution < 1.29 is 9.53 Å². The maximum atomic E-state index is 13.0. The first-order valence-electron chi connectivity index (χ1n) is 11.1. The Morgan fingerprint density at radius 2 is 1.71 bits per heavy atom. The second-order valence-corrected chi connectivity index (χ2v) is 9.15. The van der Waals surface area contributed by atoms with Crippen LogP contribution in [0.1, 0.15) is 34.6 Å². The van der Waals surface area contributed by atoms with Gasteiger partial charge in [-0.25, -0.2) is 4.79 Å². The fourth-order valence-corrected chi connectivity index (χ4v) is 5.76. The number of benzene rings is 3. The highest BCUT2D eigenvalue weighted by atomic mass is 16.6. The SMILES string of the molecule is NCc1cccc(C23CC2CN(C(=O)OCC2c4ccccc4-c4ccccc42)C3)c1. The molecular formula is C27H26N2O2. The lowest BCUT2D eigenvalue weighted by Gasteiger charge is -2.22. The molecule has 2 aliphatic carbocycles. The van der Waals surface area contributed by atoms with Crippen molar-refractivity contribution in [2.45, 2.75) is 24.3 Å². The van der Waals surface area contributed by atoms with Gasteiger partial charge in [-0.3, -0.25) is 0 Å². The molecule has 1 saturated carbocycles. The van der Waals surface area contributed by atoms with Crippen LogP contribution in [-0.2, 0) is 16.7 Å². The summed E-state index contributed by atoms with van der Waals surface area (Å²) in [5.74, 6) is 0.629. The van der Waals surface area contributed by atoms with E-state index >= 15 is 0 Å². The van der Waals surface area contributed by atoms with E-state index in [1.807, 2.05) is 4.90 Å². The number of piperidine rings is 1. The Balaban J connectivity index is 1.17.